The molecule has 2 amide bonds. The van der Waals surface area contributed by atoms with Gasteiger partial charge in [-0.1, -0.05) is 54.6 Å². The fraction of sp³-hybridized carbons (Fsp3) is 0.219. The number of non-ortho nitro benzene ring substituents is 1. The van der Waals surface area contributed by atoms with Gasteiger partial charge in [-0.2, -0.15) is 10.1 Å². The quantitative estimate of drug-likeness (QED) is 0.150. The van der Waals surface area contributed by atoms with E-state index in [1.165, 1.54) is 6.07 Å². The van der Waals surface area contributed by atoms with Gasteiger partial charge in [0.1, 0.15) is 0 Å². The number of imide groups is 1. The Kier molecular flexibility index (Phi) is 5.19. The first-order valence-electron chi connectivity index (χ1n) is 13.3. The molecule has 1 aromatic heterocycles. The average molecular weight is 531 g/mol. The van der Waals surface area contributed by atoms with E-state index in [0.29, 0.717) is 5.69 Å². The molecule has 40 heavy (non-hydrogen) atoms. The van der Waals surface area contributed by atoms with Crippen LogP contribution in [0.25, 0.3) is 5.69 Å². The van der Waals surface area contributed by atoms with Crippen molar-refractivity contribution < 1.29 is 14.5 Å². The minimum absolute atomic E-state index is 0.0100. The van der Waals surface area contributed by atoms with Crippen molar-refractivity contribution in [2.75, 3.05) is 0 Å². The number of hydrazone groups is 1. The van der Waals surface area contributed by atoms with Crippen molar-refractivity contribution in [1.82, 2.24) is 9.58 Å². The Morgan fingerprint density at radius 2 is 1.32 bits per heavy atom. The van der Waals surface area contributed by atoms with E-state index in [1.54, 1.807) is 18.3 Å². The lowest BCUT2D eigenvalue weighted by Gasteiger charge is -2.45. The highest BCUT2D eigenvalue weighted by Gasteiger charge is 2.61. The summed E-state index contributed by atoms with van der Waals surface area (Å²) in [4.78, 5) is 38.6. The van der Waals surface area contributed by atoms with Crippen molar-refractivity contribution in [2.24, 2.45) is 16.9 Å². The van der Waals surface area contributed by atoms with Gasteiger partial charge in [0.15, 0.2) is 0 Å². The summed E-state index contributed by atoms with van der Waals surface area (Å²) < 4.78 is 1.94. The van der Waals surface area contributed by atoms with Gasteiger partial charge in [0.2, 0.25) is 0 Å². The Bertz CT molecular complexity index is 1690. The molecule has 3 aliphatic carbocycles. The summed E-state index contributed by atoms with van der Waals surface area (Å²) >= 11 is 0. The third-order valence-corrected chi connectivity index (χ3v) is 8.85. The Morgan fingerprint density at radius 3 is 1.82 bits per heavy atom. The number of carbonyl (C=O) groups excluding carboxylic acids is 2. The van der Waals surface area contributed by atoms with E-state index < -0.39 is 16.8 Å². The minimum atomic E-state index is -0.487. The number of amides is 2. The van der Waals surface area contributed by atoms with E-state index in [9.17, 15) is 19.7 Å². The molecule has 1 aliphatic heterocycles. The standard InChI is InChI=1S/C32H26N4O4/c1-17-12-13-21(36(39)40)15-26(17)34-18(2)14-20(19(34)3)16-33-35-31(37)29-27-22-8-4-5-9-23(22)28(30(29)32(35)38)25-11-7-6-10-24(25)27/h4-16,27-30H,1-3H3/b33-16-/t27?,28?,29-,30-/m1/s1. The van der Waals surface area contributed by atoms with Gasteiger partial charge in [-0.05, 0) is 54.7 Å². The second kappa shape index (κ2) is 8.58. The maximum absolute atomic E-state index is 13.8. The van der Waals surface area contributed by atoms with Crippen LogP contribution in [0.4, 0.5) is 5.69 Å². The van der Waals surface area contributed by atoms with Crippen molar-refractivity contribution >= 4 is 23.7 Å². The van der Waals surface area contributed by atoms with Crippen LogP contribution in [0.2, 0.25) is 0 Å². The highest BCUT2D eigenvalue weighted by atomic mass is 16.6. The SMILES string of the molecule is Cc1ccc([N+](=O)[O-])cc1-n1c(C)cc(/C=N\N2C(=O)[C@@H]3C4c5ccccc5C(c5ccccc54)[C@H]3C2=O)c1C. The van der Waals surface area contributed by atoms with Crippen LogP contribution in [0.15, 0.2) is 77.9 Å². The van der Waals surface area contributed by atoms with Crippen molar-refractivity contribution in [3.05, 3.63) is 128 Å². The molecule has 0 saturated carbocycles. The second-order valence-electron chi connectivity index (χ2n) is 10.9. The van der Waals surface area contributed by atoms with Crippen LogP contribution < -0.4 is 0 Å². The molecule has 0 radical (unpaired) electrons. The molecule has 2 heterocycles. The summed E-state index contributed by atoms with van der Waals surface area (Å²) in [6.45, 7) is 5.71. The molecule has 3 aromatic carbocycles. The molecule has 4 aromatic rings. The molecular weight excluding hydrogens is 504 g/mol. The van der Waals surface area contributed by atoms with E-state index in [1.807, 2.05) is 55.7 Å². The van der Waals surface area contributed by atoms with Crippen LogP contribution in [0.3, 0.4) is 0 Å². The van der Waals surface area contributed by atoms with Crippen LogP contribution in [-0.2, 0) is 9.59 Å². The molecule has 8 heteroatoms. The molecule has 0 unspecified atom stereocenters. The molecule has 8 rings (SSSR count). The number of benzene rings is 3. The zero-order chi connectivity index (χ0) is 27.9. The van der Waals surface area contributed by atoms with E-state index in [2.05, 4.69) is 29.4 Å². The zero-order valence-electron chi connectivity index (χ0n) is 22.2. The van der Waals surface area contributed by atoms with Crippen molar-refractivity contribution in [3.63, 3.8) is 0 Å². The Labute approximate surface area is 230 Å². The van der Waals surface area contributed by atoms with Gasteiger partial charge in [-0.15, -0.1) is 0 Å². The minimum Gasteiger partial charge on any atom is -0.317 e. The van der Waals surface area contributed by atoms with Crippen LogP contribution in [0, 0.1) is 42.7 Å². The van der Waals surface area contributed by atoms with Gasteiger partial charge in [-0.25, -0.2) is 0 Å². The first-order chi connectivity index (χ1) is 19.3. The summed E-state index contributed by atoms with van der Waals surface area (Å²) in [5.41, 5.74) is 8.48. The molecule has 0 N–H and O–H groups in total. The van der Waals surface area contributed by atoms with Crippen LogP contribution in [0.5, 0.6) is 0 Å². The first kappa shape index (κ1) is 24.2. The van der Waals surface area contributed by atoms with Gasteiger partial charge in [0.05, 0.1) is 28.7 Å². The highest BCUT2D eigenvalue weighted by Crippen LogP contribution is 2.60. The lowest BCUT2D eigenvalue weighted by atomic mass is 9.55. The molecule has 2 atom stereocenters. The highest BCUT2D eigenvalue weighted by molar-refractivity contribution is 6.08. The number of aryl methyl sites for hydroxylation is 2. The molecule has 198 valence electrons. The normalized spacial score (nSPS) is 22.5. The number of hydrogen-bond acceptors (Lipinski definition) is 5. The molecule has 8 nitrogen and oxygen atoms in total. The molecular formula is C32H26N4O4. The van der Waals surface area contributed by atoms with Crippen molar-refractivity contribution in [3.8, 4) is 5.69 Å². The van der Waals surface area contributed by atoms with E-state index >= 15 is 0 Å². The number of hydrogen-bond donors (Lipinski definition) is 0. The molecule has 0 spiro atoms. The predicted octanol–water partition coefficient (Wildman–Crippen LogP) is 5.54. The third kappa shape index (κ3) is 3.22. The van der Waals surface area contributed by atoms with Gasteiger partial charge in [0, 0.05) is 40.9 Å². The van der Waals surface area contributed by atoms with E-state index in [4.69, 9.17) is 0 Å². The Morgan fingerprint density at radius 1 is 0.800 bits per heavy atom. The second-order valence-corrected chi connectivity index (χ2v) is 10.9. The fourth-order valence-electron chi connectivity index (χ4n) is 7.14. The largest absolute Gasteiger partial charge is 0.317 e. The molecule has 1 fully saturated rings. The lowest BCUT2D eigenvalue weighted by molar-refractivity contribution is -0.384. The van der Waals surface area contributed by atoms with Gasteiger partial charge < -0.3 is 4.57 Å². The lowest BCUT2D eigenvalue weighted by Crippen LogP contribution is -2.41. The maximum Gasteiger partial charge on any atom is 0.271 e. The smallest absolute Gasteiger partial charge is 0.271 e. The number of aromatic nitrogens is 1. The summed E-state index contributed by atoms with van der Waals surface area (Å²) in [5, 5.41) is 16.9. The monoisotopic (exact) mass is 530 g/mol. The average Bonchev–Trinajstić information content (AvgIpc) is 3.38. The predicted molar refractivity (Wildman–Crippen MR) is 150 cm³/mol. The summed E-state index contributed by atoms with van der Waals surface area (Å²) in [5.74, 6) is -1.87. The number of nitro groups is 1. The van der Waals surface area contributed by atoms with E-state index in [0.717, 1.165) is 49.8 Å². The molecule has 4 aliphatic rings. The van der Waals surface area contributed by atoms with E-state index in [-0.39, 0.29) is 29.3 Å². The fourth-order valence-corrected chi connectivity index (χ4v) is 7.14. The Balaban J connectivity index is 1.26. The van der Waals surface area contributed by atoms with Crippen LogP contribution >= 0.6 is 0 Å². The van der Waals surface area contributed by atoms with Crippen LogP contribution in [-0.4, -0.2) is 32.5 Å². The Hall–Kier alpha value is -4.85. The van der Waals surface area contributed by atoms with Crippen molar-refractivity contribution in [2.45, 2.75) is 32.6 Å². The molecule has 1 saturated heterocycles. The third-order valence-electron chi connectivity index (χ3n) is 8.85. The molecule has 2 bridgehead atoms. The summed E-state index contributed by atoms with van der Waals surface area (Å²) in [6, 6.07) is 23.0. The maximum atomic E-state index is 13.8. The number of rotatable bonds is 4. The van der Waals surface area contributed by atoms with Crippen molar-refractivity contribution in [1.29, 1.82) is 0 Å². The first-order valence-corrected chi connectivity index (χ1v) is 13.3. The topological polar surface area (TPSA) is 97.8 Å². The van der Waals surface area contributed by atoms with Gasteiger partial charge in [-0.3, -0.25) is 19.7 Å². The number of nitro benzene ring substituents is 1. The van der Waals surface area contributed by atoms with Gasteiger partial charge in [0.25, 0.3) is 17.5 Å². The summed E-state index contributed by atoms with van der Waals surface area (Å²) in [7, 11) is 0. The summed E-state index contributed by atoms with van der Waals surface area (Å²) in [6.07, 6.45) is 1.56. The zero-order valence-corrected chi connectivity index (χ0v) is 22.2. The number of carbonyl (C=O) groups is 2. The number of nitrogens with zero attached hydrogens (tertiary/aromatic N) is 4. The van der Waals surface area contributed by atoms with Crippen LogP contribution in [0.1, 0.15) is 56.6 Å². The van der Waals surface area contributed by atoms with Gasteiger partial charge >= 0.3 is 0 Å².